The molecule has 206 valence electrons. The number of carbonyl (C=O) groups excluding carboxylic acids is 1. The van der Waals surface area contributed by atoms with Crippen LogP contribution >= 0.6 is 0 Å². The van der Waals surface area contributed by atoms with Crippen LogP contribution in [0.25, 0.3) is 0 Å². The maximum Gasteiger partial charge on any atom is 0.266 e. The van der Waals surface area contributed by atoms with E-state index in [1.54, 1.807) is 0 Å². The Morgan fingerprint density at radius 2 is 1.68 bits per heavy atom. The molecule has 1 aromatic carbocycles. The number of fused-ring (bicyclic) bond motifs is 1. The summed E-state index contributed by atoms with van der Waals surface area (Å²) >= 11 is 0. The van der Waals surface area contributed by atoms with Gasteiger partial charge in [0.1, 0.15) is 17.4 Å². The van der Waals surface area contributed by atoms with Crippen LogP contribution in [0.2, 0.25) is 0 Å². The summed E-state index contributed by atoms with van der Waals surface area (Å²) in [5.74, 6) is -3.07. The van der Waals surface area contributed by atoms with Crippen molar-refractivity contribution in [3.8, 4) is 0 Å². The van der Waals surface area contributed by atoms with E-state index < -0.39 is 70.9 Å². The molecular weight excluding hydrogens is 521 g/mol. The predicted octanol–water partition coefficient (Wildman–Crippen LogP) is 4.15. The molecule has 13 heteroatoms. The lowest BCUT2D eigenvalue weighted by Crippen LogP contribution is -2.43. The molecule has 2 saturated carbocycles. The van der Waals surface area contributed by atoms with Gasteiger partial charge >= 0.3 is 0 Å². The van der Waals surface area contributed by atoms with Crippen molar-refractivity contribution in [3.63, 3.8) is 0 Å². The van der Waals surface area contributed by atoms with Crippen LogP contribution in [-0.2, 0) is 5.54 Å². The Balaban J connectivity index is 1.71. The number of pyridine rings is 1. The molecule has 0 radical (unpaired) electrons. The molecule has 5 rings (SSSR count). The second-order valence-corrected chi connectivity index (χ2v) is 10.3. The number of rotatable bonds is 9. The molecule has 0 spiro atoms. The maximum atomic E-state index is 15.2. The van der Waals surface area contributed by atoms with Gasteiger partial charge < -0.3 is 20.1 Å². The van der Waals surface area contributed by atoms with E-state index in [1.165, 1.54) is 0 Å². The van der Waals surface area contributed by atoms with Gasteiger partial charge in [0.25, 0.3) is 30.7 Å². The summed E-state index contributed by atoms with van der Waals surface area (Å²) in [6, 6.07) is 0.709. The number of hydrogen-bond acceptors (Lipinski definition) is 4. The fraction of sp³-hybridized carbons (Fsp3) is 0.520. The Morgan fingerprint density at radius 1 is 1.08 bits per heavy atom. The summed E-state index contributed by atoms with van der Waals surface area (Å²) in [6.07, 6.45) is -8.75. The normalized spacial score (nSPS) is 24.7. The highest BCUT2D eigenvalue weighted by Gasteiger charge is 2.60. The van der Waals surface area contributed by atoms with Gasteiger partial charge in [0.15, 0.2) is 0 Å². The lowest BCUT2D eigenvalue weighted by atomic mass is 9.99. The second kappa shape index (κ2) is 9.28. The minimum absolute atomic E-state index is 0.0315. The van der Waals surface area contributed by atoms with E-state index in [1.807, 2.05) is 11.9 Å². The van der Waals surface area contributed by atoms with E-state index in [2.05, 4.69) is 0 Å². The van der Waals surface area contributed by atoms with Crippen LogP contribution in [0.1, 0.15) is 46.8 Å². The van der Waals surface area contributed by atoms with Gasteiger partial charge in [-0.2, -0.15) is 0 Å². The lowest BCUT2D eigenvalue weighted by molar-refractivity contribution is 0.0649. The molecule has 1 aromatic heterocycles. The molecule has 3 atom stereocenters. The standard InChI is InChI=1S/C25H25F7N4O2/c1-34-8-13-14(9-34)19(13)36(20(22(29)30)11-3-2-4-12(18(11)26)21(27)28)16-7-17(37)35(10-15(16)23(33)38)25(5-6-25)24(31)32/h2-4,7,10,13-14,19-22,24H,5-6,8-9H2,1H3,(H2,33,38)/t13?,14?,19?,20-/m1/s1. The number of alkyl halides is 6. The zero-order chi connectivity index (χ0) is 27.7. The Labute approximate surface area is 212 Å². The highest BCUT2D eigenvalue weighted by molar-refractivity contribution is 5.98. The van der Waals surface area contributed by atoms with Gasteiger partial charge in [-0.1, -0.05) is 18.2 Å². The third-order valence-corrected chi connectivity index (χ3v) is 8.03. The number of anilines is 1. The number of aromatic nitrogens is 1. The first-order chi connectivity index (χ1) is 17.9. The first kappa shape index (κ1) is 26.5. The van der Waals surface area contributed by atoms with Gasteiger partial charge in [-0.05, 0) is 31.7 Å². The summed E-state index contributed by atoms with van der Waals surface area (Å²) in [5.41, 5.74) is 0.112. The molecule has 6 nitrogen and oxygen atoms in total. The molecule has 2 aromatic rings. The van der Waals surface area contributed by atoms with Crippen molar-refractivity contribution < 1.29 is 35.5 Å². The number of primary amides is 1. The zero-order valence-corrected chi connectivity index (χ0v) is 20.1. The Bertz CT molecular complexity index is 1300. The first-order valence-electron chi connectivity index (χ1n) is 12.1. The van der Waals surface area contributed by atoms with Crippen molar-refractivity contribution in [2.45, 2.75) is 49.7 Å². The van der Waals surface area contributed by atoms with Gasteiger partial charge in [-0.3, -0.25) is 9.59 Å². The van der Waals surface area contributed by atoms with E-state index in [0.29, 0.717) is 17.7 Å². The van der Waals surface area contributed by atoms with Crippen molar-refractivity contribution >= 4 is 11.6 Å². The van der Waals surface area contributed by atoms with Gasteiger partial charge in [-0.25, -0.2) is 30.7 Å². The van der Waals surface area contributed by atoms with Crippen LogP contribution in [0.4, 0.5) is 36.4 Å². The fourth-order valence-corrected chi connectivity index (χ4v) is 5.95. The largest absolute Gasteiger partial charge is 0.365 e. The van der Waals surface area contributed by atoms with Crippen LogP contribution in [0.5, 0.6) is 0 Å². The maximum absolute atomic E-state index is 15.2. The molecule has 2 N–H and O–H groups in total. The third-order valence-electron chi connectivity index (χ3n) is 8.03. The van der Waals surface area contributed by atoms with Gasteiger partial charge in [-0.15, -0.1) is 0 Å². The summed E-state index contributed by atoms with van der Waals surface area (Å²) < 4.78 is 99.9. The molecule has 2 unspecified atom stereocenters. The highest BCUT2D eigenvalue weighted by Crippen LogP contribution is 2.54. The average molecular weight is 546 g/mol. The number of benzene rings is 1. The Hall–Kier alpha value is -3.09. The van der Waals surface area contributed by atoms with Gasteiger partial charge in [0.2, 0.25) is 0 Å². The first-order valence-corrected chi connectivity index (χ1v) is 12.1. The topological polar surface area (TPSA) is 71.6 Å². The summed E-state index contributed by atoms with van der Waals surface area (Å²) in [5, 5.41) is 0. The van der Waals surface area contributed by atoms with Crippen molar-refractivity contribution in [2.24, 2.45) is 17.6 Å². The second-order valence-electron chi connectivity index (χ2n) is 10.3. The number of likely N-dealkylation sites (tertiary alicyclic amines) is 1. The molecule has 0 bridgehead atoms. The zero-order valence-electron chi connectivity index (χ0n) is 20.1. The number of amides is 1. The molecule has 1 aliphatic heterocycles. The SMILES string of the molecule is CN1CC2C(C1)C2N(c1cc(=O)n(C2(C(F)F)CC2)cc1C(N)=O)[C@H](c1cccc(C(F)F)c1F)C(F)F. The van der Waals surface area contributed by atoms with Crippen LogP contribution in [0.15, 0.2) is 35.3 Å². The third kappa shape index (κ3) is 4.15. The van der Waals surface area contributed by atoms with Crippen LogP contribution in [0.3, 0.4) is 0 Å². The number of hydrogen-bond donors (Lipinski definition) is 1. The molecule has 38 heavy (non-hydrogen) atoms. The van der Waals surface area contributed by atoms with Crippen molar-refractivity contribution in [1.29, 1.82) is 0 Å². The predicted molar refractivity (Wildman–Crippen MR) is 123 cm³/mol. The number of nitrogens with two attached hydrogens (primary N) is 1. The molecule has 1 saturated heterocycles. The highest BCUT2D eigenvalue weighted by atomic mass is 19.3. The number of halogens is 7. The fourth-order valence-electron chi connectivity index (χ4n) is 5.95. The molecule has 3 aliphatic rings. The van der Waals surface area contributed by atoms with Crippen molar-refractivity contribution in [2.75, 3.05) is 25.0 Å². The average Bonchev–Trinajstić information content (AvgIpc) is 3.72. The van der Waals surface area contributed by atoms with Crippen LogP contribution < -0.4 is 16.2 Å². The molecule has 2 aliphatic carbocycles. The van der Waals surface area contributed by atoms with Crippen molar-refractivity contribution in [3.05, 3.63) is 63.3 Å². The van der Waals surface area contributed by atoms with Crippen molar-refractivity contribution in [1.82, 2.24) is 9.47 Å². The van der Waals surface area contributed by atoms with Crippen LogP contribution in [0, 0.1) is 17.7 Å². The van der Waals surface area contributed by atoms with E-state index in [4.69, 9.17) is 5.73 Å². The summed E-state index contributed by atoms with van der Waals surface area (Å²) in [7, 11) is 1.82. The van der Waals surface area contributed by atoms with Crippen LogP contribution in [-0.4, -0.2) is 54.4 Å². The Kier molecular flexibility index (Phi) is 6.48. The van der Waals surface area contributed by atoms with E-state index in [9.17, 15) is 35.9 Å². The lowest BCUT2D eigenvalue weighted by Gasteiger charge is -2.37. The summed E-state index contributed by atoms with van der Waals surface area (Å²) in [6.45, 7) is 0.970. The monoisotopic (exact) mass is 546 g/mol. The Morgan fingerprint density at radius 3 is 2.18 bits per heavy atom. The number of carbonyl (C=O) groups is 1. The van der Waals surface area contributed by atoms with E-state index in [0.717, 1.165) is 35.4 Å². The molecule has 1 amide bonds. The summed E-state index contributed by atoms with van der Waals surface area (Å²) in [4.78, 5) is 28.6. The quantitative estimate of drug-likeness (QED) is 0.480. The number of nitrogens with zero attached hydrogens (tertiary/aromatic N) is 3. The van der Waals surface area contributed by atoms with Gasteiger partial charge in [0, 0.05) is 37.0 Å². The van der Waals surface area contributed by atoms with E-state index in [-0.39, 0.29) is 30.4 Å². The minimum Gasteiger partial charge on any atom is -0.365 e. The molecule has 2 heterocycles. The minimum atomic E-state index is -3.34. The van der Waals surface area contributed by atoms with E-state index >= 15 is 4.39 Å². The molecule has 3 fully saturated rings. The number of piperidine rings is 1. The molecular formula is C25H25F7N4O2. The van der Waals surface area contributed by atoms with Gasteiger partial charge in [0.05, 0.1) is 16.8 Å². The smallest absolute Gasteiger partial charge is 0.266 e.